The Morgan fingerprint density at radius 2 is 2.20 bits per heavy atom. The predicted molar refractivity (Wildman–Crippen MR) is 87.6 cm³/mol. The molecule has 0 saturated heterocycles. The Kier molecular flexibility index (Phi) is 7.02. The van der Waals surface area contributed by atoms with E-state index in [1.165, 1.54) is 4.88 Å². The zero-order valence-corrected chi connectivity index (χ0v) is 14.0. The molecule has 1 heterocycles. The molecule has 114 valence electrons. The minimum Gasteiger partial charge on any atom is -0.377 e. The Labute approximate surface area is 126 Å². The highest BCUT2D eigenvalue weighted by atomic mass is 32.1. The first-order valence-electron chi connectivity index (χ1n) is 6.99. The summed E-state index contributed by atoms with van der Waals surface area (Å²) in [6.07, 6.45) is 1.10. The first-order valence-corrected chi connectivity index (χ1v) is 7.87. The van der Waals surface area contributed by atoms with Gasteiger partial charge < -0.3 is 15.4 Å². The summed E-state index contributed by atoms with van der Waals surface area (Å²) in [7, 11) is 3.51. The van der Waals surface area contributed by atoms with Crippen LogP contribution < -0.4 is 10.6 Å². The first-order chi connectivity index (χ1) is 9.46. The maximum absolute atomic E-state index is 5.38. The SMILES string of the molecule is CN=C(NCC(C)Cc1cccs1)NCC(C)(C)OC. The van der Waals surface area contributed by atoms with E-state index in [-0.39, 0.29) is 5.60 Å². The highest BCUT2D eigenvalue weighted by molar-refractivity contribution is 7.09. The fourth-order valence-corrected chi connectivity index (χ4v) is 2.57. The number of nitrogens with zero attached hydrogens (tertiary/aromatic N) is 1. The average Bonchev–Trinajstić information content (AvgIpc) is 2.91. The van der Waals surface area contributed by atoms with Crippen LogP contribution in [-0.2, 0) is 11.2 Å². The van der Waals surface area contributed by atoms with Gasteiger partial charge in [0.1, 0.15) is 0 Å². The minimum absolute atomic E-state index is 0.194. The summed E-state index contributed by atoms with van der Waals surface area (Å²) in [4.78, 5) is 5.67. The lowest BCUT2D eigenvalue weighted by Crippen LogP contribution is -2.46. The maximum Gasteiger partial charge on any atom is 0.191 e. The quantitative estimate of drug-likeness (QED) is 0.600. The Balaban J connectivity index is 2.31. The van der Waals surface area contributed by atoms with Gasteiger partial charge in [-0.3, -0.25) is 4.99 Å². The molecule has 0 bridgehead atoms. The monoisotopic (exact) mass is 297 g/mol. The number of rotatable bonds is 7. The second kappa shape index (κ2) is 8.27. The third-order valence-corrected chi connectivity index (χ3v) is 4.10. The molecule has 0 fully saturated rings. The van der Waals surface area contributed by atoms with Crippen molar-refractivity contribution in [3.8, 4) is 0 Å². The van der Waals surface area contributed by atoms with Gasteiger partial charge in [-0.05, 0) is 37.6 Å². The summed E-state index contributed by atoms with van der Waals surface area (Å²) in [5.41, 5.74) is -0.194. The number of ether oxygens (including phenoxy) is 1. The minimum atomic E-state index is -0.194. The normalized spacial score (nSPS) is 14.2. The van der Waals surface area contributed by atoms with Crippen LogP contribution in [0.15, 0.2) is 22.5 Å². The molecule has 1 aromatic rings. The van der Waals surface area contributed by atoms with Crippen LogP contribution >= 0.6 is 11.3 Å². The van der Waals surface area contributed by atoms with Gasteiger partial charge in [-0.2, -0.15) is 0 Å². The first kappa shape index (κ1) is 17.0. The molecule has 0 aromatic carbocycles. The molecule has 0 aliphatic rings. The van der Waals surface area contributed by atoms with Crippen molar-refractivity contribution < 1.29 is 4.74 Å². The van der Waals surface area contributed by atoms with Crippen LogP contribution in [-0.4, -0.2) is 38.8 Å². The van der Waals surface area contributed by atoms with E-state index in [4.69, 9.17) is 4.74 Å². The van der Waals surface area contributed by atoms with Gasteiger partial charge in [0.25, 0.3) is 0 Å². The van der Waals surface area contributed by atoms with Gasteiger partial charge in [-0.25, -0.2) is 0 Å². The Hall–Kier alpha value is -1.07. The van der Waals surface area contributed by atoms with Crippen LogP contribution in [0.1, 0.15) is 25.6 Å². The summed E-state index contributed by atoms with van der Waals surface area (Å²) in [5, 5.41) is 8.79. The van der Waals surface area contributed by atoms with Crippen LogP contribution in [0.3, 0.4) is 0 Å². The summed E-state index contributed by atoms with van der Waals surface area (Å²) in [6.45, 7) is 7.98. The molecule has 0 saturated carbocycles. The van der Waals surface area contributed by atoms with E-state index >= 15 is 0 Å². The van der Waals surface area contributed by atoms with Crippen LogP contribution in [0, 0.1) is 5.92 Å². The molecular formula is C15H27N3OS. The maximum atomic E-state index is 5.38. The standard InChI is InChI=1S/C15H27N3OS/c1-12(9-13-7-6-8-20-13)10-17-14(16-4)18-11-15(2,3)19-5/h6-8,12H,9-11H2,1-5H3,(H2,16,17,18). The fourth-order valence-electron chi connectivity index (χ4n) is 1.70. The van der Waals surface area contributed by atoms with Crippen LogP contribution in [0.4, 0.5) is 0 Å². The average molecular weight is 297 g/mol. The number of thiophene rings is 1. The van der Waals surface area contributed by atoms with Crippen molar-refractivity contribution >= 4 is 17.3 Å². The van der Waals surface area contributed by atoms with Crippen molar-refractivity contribution in [3.63, 3.8) is 0 Å². The van der Waals surface area contributed by atoms with Crippen LogP contribution in [0.25, 0.3) is 0 Å². The summed E-state index contributed by atoms with van der Waals surface area (Å²) >= 11 is 1.82. The molecule has 1 unspecified atom stereocenters. The van der Waals surface area contributed by atoms with E-state index < -0.39 is 0 Å². The van der Waals surface area contributed by atoms with E-state index in [0.29, 0.717) is 5.92 Å². The smallest absolute Gasteiger partial charge is 0.191 e. The van der Waals surface area contributed by atoms with Gasteiger partial charge in [0, 0.05) is 32.1 Å². The molecule has 0 aliphatic heterocycles. The van der Waals surface area contributed by atoms with E-state index in [1.54, 1.807) is 14.2 Å². The number of hydrogen-bond donors (Lipinski definition) is 2. The molecule has 0 aliphatic carbocycles. The van der Waals surface area contributed by atoms with E-state index in [2.05, 4.69) is 40.1 Å². The lowest BCUT2D eigenvalue weighted by Gasteiger charge is -2.25. The van der Waals surface area contributed by atoms with E-state index in [0.717, 1.165) is 25.5 Å². The Morgan fingerprint density at radius 1 is 1.45 bits per heavy atom. The lowest BCUT2D eigenvalue weighted by molar-refractivity contribution is 0.0268. The van der Waals surface area contributed by atoms with Crippen molar-refractivity contribution in [2.75, 3.05) is 27.2 Å². The number of methoxy groups -OCH3 is 1. The molecule has 1 rings (SSSR count). The van der Waals surface area contributed by atoms with Gasteiger partial charge in [0.2, 0.25) is 0 Å². The number of aliphatic imine (C=N–C) groups is 1. The highest BCUT2D eigenvalue weighted by Gasteiger charge is 2.16. The zero-order valence-electron chi connectivity index (χ0n) is 13.2. The third kappa shape index (κ3) is 6.39. The molecular weight excluding hydrogens is 270 g/mol. The highest BCUT2D eigenvalue weighted by Crippen LogP contribution is 2.13. The second-order valence-electron chi connectivity index (χ2n) is 5.66. The largest absolute Gasteiger partial charge is 0.377 e. The van der Waals surface area contributed by atoms with Crippen molar-refractivity contribution in [3.05, 3.63) is 22.4 Å². The van der Waals surface area contributed by atoms with Crippen LogP contribution in [0.2, 0.25) is 0 Å². The molecule has 2 N–H and O–H groups in total. The van der Waals surface area contributed by atoms with Crippen molar-refractivity contribution in [2.45, 2.75) is 32.8 Å². The summed E-state index contributed by atoms with van der Waals surface area (Å²) in [5.74, 6) is 1.40. The van der Waals surface area contributed by atoms with Crippen molar-refractivity contribution in [1.29, 1.82) is 0 Å². The molecule has 1 atom stereocenters. The molecule has 0 amide bonds. The van der Waals surface area contributed by atoms with Gasteiger partial charge >= 0.3 is 0 Å². The second-order valence-corrected chi connectivity index (χ2v) is 6.69. The van der Waals surface area contributed by atoms with Crippen LogP contribution in [0.5, 0.6) is 0 Å². The third-order valence-electron chi connectivity index (χ3n) is 3.21. The zero-order chi connectivity index (χ0) is 15.0. The van der Waals surface area contributed by atoms with Gasteiger partial charge in [0.05, 0.1) is 5.60 Å². The lowest BCUT2D eigenvalue weighted by atomic mass is 10.1. The molecule has 1 aromatic heterocycles. The molecule has 0 radical (unpaired) electrons. The number of nitrogens with one attached hydrogen (secondary N) is 2. The van der Waals surface area contributed by atoms with E-state index in [9.17, 15) is 0 Å². The number of guanidine groups is 1. The fraction of sp³-hybridized carbons (Fsp3) is 0.667. The Bertz CT molecular complexity index is 401. The summed E-state index contributed by atoms with van der Waals surface area (Å²) < 4.78 is 5.38. The molecule has 5 heteroatoms. The summed E-state index contributed by atoms with van der Waals surface area (Å²) in [6, 6.07) is 4.29. The van der Waals surface area contributed by atoms with Gasteiger partial charge in [0.15, 0.2) is 5.96 Å². The van der Waals surface area contributed by atoms with Crippen molar-refractivity contribution in [2.24, 2.45) is 10.9 Å². The van der Waals surface area contributed by atoms with E-state index in [1.807, 2.05) is 25.2 Å². The predicted octanol–water partition coefficient (Wildman–Crippen LogP) is 2.52. The topological polar surface area (TPSA) is 45.7 Å². The molecule has 0 spiro atoms. The molecule has 4 nitrogen and oxygen atoms in total. The van der Waals surface area contributed by atoms with Crippen molar-refractivity contribution in [1.82, 2.24) is 10.6 Å². The van der Waals surface area contributed by atoms with Gasteiger partial charge in [-0.15, -0.1) is 11.3 Å². The van der Waals surface area contributed by atoms with Gasteiger partial charge in [-0.1, -0.05) is 13.0 Å². The number of hydrogen-bond acceptors (Lipinski definition) is 3. The molecule has 20 heavy (non-hydrogen) atoms. The Morgan fingerprint density at radius 3 is 2.75 bits per heavy atom.